The molecule has 0 bridgehead atoms. The van der Waals surface area contributed by atoms with Gasteiger partial charge in [0.1, 0.15) is 4.88 Å². The summed E-state index contributed by atoms with van der Waals surface area (Å²) < 4.78 is 1.98. The molecule has 2 aromatic heterocycles. The van der Waals surface area contributed by atoms with Crippen molar-refractivity contribution in [3.8, 4) is 0 Å². The molecule has 0 spiro atoms. The van der Waals surface area contributed by atoms with Gasteiger partial charge in [-0.15, -0.1) is 22.7 Å². The number of nitrogens with one attached hydrogen (secondary N) is 1. The molecule has 21 heavy (non-hydrogen) atoms. The summed E-state index contributed by atoms with van der Waals surface area (Å²) in [5.41, 5.74) is 6.63. The Morgan fingerprint density at radius 1 is 1.43 bits per heavy atom. The van der Waals surface area contributed by atoms with Crippen molar-refractivity contribution in [2.75, 3.05) is 5.73 Å². The van der Waals surface area contributed by atoms with E-state index in [4.69, 9.17) is 5.73 Å². The van der Waals surface area contributed by atoms with Crippen molar-refractivity contribution in [3.63, 3.8) is 0 Å². The number of hydrogen-bond donors (Lipinski definition) is 2. The number of halogens is 1. The maximum atomic E-state index is 12.3. The largest absolute Gasteiger partial charge is 0.397 e. The zero-order valence-electron chi connectivity index (χ0n) is 11.1. The normalized spacial score (nSPS) is 11.0. The minimum absolute atomic E-state index is 0.143. The van der Waals surface area contributed by atoms with Gasteiger partial charge in [0.15, 0.2) is 0 Å². The molecule has 1 amide bonds. The number of nitrogen functional groups attached to an aromatic ring is 1. The topological polar surface area (TPSA) is 68.0 Å². The summed E-state index contributed by atoms with van der Waals surface area (Å²) >= 11 is 6.41. The quantitative estimate of drug-likeness (QED) is 0.721. The van der Waals surface area contributed by atoms with E-state index >= 15 is 0 Å². The molecule has 3 rings (SSSR count). The Bertz CT molecular complexity index is 825. The monoisotopic (exact) mass is 381 g/mol. The Morgan fingerprint density at radius 2 is 2.24 bits per heavy atom. The van der Waals surface area contributed by atoms with Crippen molar-refractivity contribution < 1.29 is 4.79 Å². The van der Waals surface area contributed by atoms with Crippen LogP contribution in [0.25, 0.3) is 10.1 Å². The molecule has 0 saturated heterocycles. The summed E-state index contributed by atoms with van der Waals surface area (Å²) in [5.74, 6) is -0.143. The molecular weight excluding hydrogens is 370 g/mol. The smallest absolute Gasteiger partial charge is 0.263 e. The van der Waals surface area contributed by atoms with Crippen LogP contribution in [0.4, 0.5) is 5.69 Å². The molecule has 108 valence electrons. The summed E-state index contributed by atoms with van der Waals surface area (Å²) in [4.78, 5) is 18.1. The molecule has 3 N–H and O–H groups in total. The third-order valence-corrected chi connectivity index (χ3v) is 5.56. The number of anilines is 1. The predicted octanol–water partition coefficient (Wildman–Crippen LogP) is 3.94. The van der Waals surface area contributed by atoms with E-state index in [1.54, 1.807) is 17.5 Å². The zero-order chi connectivity index (χ0) is 15.0. The van der Waals surface area contributed by atoms with Crippen LogP contribution in [0.3, 0.4) is 0 Å². The number of aromatic nitrogens is 1. The van der Waals surface area contributed by atoms with Crippen LogP contribution in [0, 0.1) is 6.92 Å². The maximum absolute atomic E-state index is 12.3. The lowest BCUT2D eigenvalue weighted by Gasteiger charge is -2.02. The number of thiazole rings is 1. The number of carbonyl (C=O) groups excluding carboxylic acids is 1. The second kappa shape index (κ2) is 5.75. The van der Waals surface area contributed by atoms with Crippen LogP contribution in [0.5, 0.6) is 0 Å². The van der Waals surface area contributed by atoms with Gasteiger partial charge in [-0.25, -0.2) is 4.98 Å². The van der Waals surface area contributed by atoms with Crippen molar-refractivity contribution in [2.24, 2.45) is 0 Å². The van der Waals surface area contributed by atoms with Crippen LogP contribution < -0.4 is 11.1 Å². The SMILES string of the molecule is Cc1ncc(CNC(=O)c2sc3cc(Br)ccc3c2N)s1. The molecule has 7 heteroatoms. The van der Waals surface area contributed by atoms with Gasteiger partial charge in [-0.2, -0.15) is 0 Å². The van der Waals surface area contributed by atoms with Gasteiger partial charge in [-0.05, 0) is 19.1 Å². The van der Waals surface area contributed by atoms with Gasteiger partial charge in [-0.3, -0.25) is 4.79 Å². The fraction of sp³-hybridized carbons (Fsp3) is 0.143. The fourth-order valence-corrected chi connectivity index (χ4v) is 4.32. The van der Waals surface area contributed by atoms with Gasteiger partial charge in [0, 0.05) is 25.6 Å². The average molecular weight is 382 g/mol. The molecule has 0 atom stereocenters. The summed E-state index contributed by atoms with van der Waals surface area (Å²) in [6, 6.07) is 5.82. The van der Waals surface area contributed by atoms with Crippen molar-refractivity contribution in [1.29, 1.82) is 0 Å². The number of nitrogens with zero attached hydrogens (tertiary/aromatic N) is 1. The highest BCUT2D eigenvalue weighted by molar-refractivity contribution is 9.10. The van der Waals surface area contributed by atoms with Gasteiger partial charge < -0.3 is 11.1 Å². The van der Waals surface area contributed by atoms with E-state index in [9.17, 15) is 4.79 Å². The average Bonchev–Trinajstić information content (AvgIpc) is 3.00. The summed E-state index contributed by atoms with van der Waals surface area (Å²) in [6.45, 7) is 2.42. The number of amides is 1. The molecule has 3 aromatic rings. The van der Waals surface area contributed by atoms with Gasteiger partial charge in [0.25, 0.3) is 5.91 Å². The molecule has 4 nitrogen and oxygen atoms in total. The summed E-state index contributed by atoms with van der Waals surface area (Å²) in [5, 5.41) is 4.80. The highest BCUT2D eigenvalue weighted by Crippen LogP contribution is 2.35. The standard InChI is InChI=1S/C14H12BrN3OS2/c1-7-17-5-9(20-7)6-18-14(19)13-12(16)10-3-2-8(15)4-11(10)21-13/h2-5H,6,16H2,1H3,(H,18,19). The van der Waals surface area contributed by atoms with Gasteiger partial charge in [-0.1, -0.05) is 22.0 Å². The van der Waals surface area contributed by atoms with E-state index in [0.29, 0.717) is 17.1 Å². The number of benzene rings is 1. The summed E-state index contributed by atoms with van der Waals surface area (Å²) in [6.07, 6.45) is 1.78. The Hall–Kier alpha value is -1.44. The van der Waals surface area contributed by atoms with Crippen molar-refractivity contribution in [2.45, 2.75) is 13.5 Å². The Labute approximate surface area is 138 Å². The highest BCUT2D eigenvalue weighted by Gasteiger charge is 2.16. The summed E-state index contributed by atoms with van der Waals surface area (Å²) in [7, 11) is 0. The van der Waals surface area contributed by atoms with Gasteiger partial charge in [0.05, 0.1) is 17.2 Å². The zero-order valence-corrected chi connectivity index (χ0v) is 14.4. The lowest BCUT2D eigenvalue weighted by atomic mass is 10.2. The lowest BCUT2D eigenvalue weighted by Crippen LogP contribution is -2.22. The van der Waals surface area contributed by atoms with Crippen LogP contribution in [0.1, 0.15) is 19.6 Å². The first kappa shape index (κ1) is 14.5. The molecule has 0 unspecified atom stereocenters. The number of fused-ring (bicyclic) bond motifs is 1. The predicted molar refractivity (Wildman–Crippen MR) is 92.0 cm³/mol. The van der Waals surface area contributed by atoms with Gasteiger partial charge >= 0.3 is 0 Å². The third kappa shape index (κ3) is 2.95. The minimum atomic E-state index is -0.143. The number of hydrogen-bond acceptors (Lipinski definition) is 5. The Morgan fingerprint density at radius 3 is 2.95 bits per heavy atom. The second-order valence-electron chi connectivity index (χ2n) is 4.51. The third-order valence-electron chi connectivity index (χ3n) is 2.99. The van der Waals surface area contributed by atoms with E-state index in [1.165, 1.54) is 11.3 Å². The first-order valence-corrected chi connectivity index (χ1v) is 8.64. The number of thiophene rings is 1. The first-order chi connectivity index (χ1) is 10.0. The van der Waals surface area contributed by atoms with Crippen LogP contribution in [-0.4, -0.2) is 10.9 Å². The van der Waals surface area contributed by atoms with E-state index < -0.39 is 0 Å². The van der Waals surface area contributed by atoms with E-state index in [1.807, 2.05) is 25.1 Å². The number of nitrogens with two attached hydrogens (primary N) is 1. The molecule has 0 fully saturated rings. The van der Waals surface area contributed by atoms with E-state index in [2.05, 4.69) is 26.2 Å². The fourth-order valence-electron chi connectivity index (χ4n) is 1.99. The van der Waals surface area contributed by atoms with Crippen LogP contribution in [0.15, 0.2) is 28.9 Å². The molecule has 1 aromatic carbocycles. The van der Waals surface area contributed by atoms with E-state index in [-0.39, 0.29) is 5.91 Å². The van der Waals surface area contributed by atoms with Crippen molar-refractivity contribution in [3.05, 3.63) is 43.6 Å². The first-order valence-electron chi connectivity index (χ1n) is 6.21. The second-order valence-corrected chi connectivity index (χ2v) is 7.80. The molecule has 0 aliphatic rings. The number of aryl methyl sites for hydroxylation is 1. The van der Waals surface area contributed by atoms with Crippen molar-refractivity contribution in [1.82, 2.24) is 10.3 Å². The highest BCUT2D eigenvalue weighted by atomic mass is 79.9. The van der Waals surface area contributed by atoms with Crippen LogP contribution in [0.2, 0.25) is 0 Å². The molecule has 0 radical (unpaired) electrons. The Balaban J connectivity index is 1.82. The van der Waals surface area contributed by atoms with E-state index in [0.717, 1.165) is 24.4 Å². The molecule has 0 aliphatic heterocycles. The minimum Gasteiger partial charge on any atom is -0.397 e. The van der Waals surface area contributed by atoms with Crippen LogP contribution >= 0.6 is 38.6 Å². The number of rotatable bonds is 3. The molecular formula is C14H12BrN3OS2. The Kier molecular flexibility index (Phi) is 3.97. The van der Waals surface area contributed by atoms with Gasteiger partial charge in [0.2, 0.25) is 0 Å². The maximum Gasteiger partial charge on any atom is 0.263 e. The van der Waals surface area contributed by atoms with Crippen LogP contribution in [-0.2, 0) is 6.54 Å². The molecule has 0 saturated carbocycles. The van der Waals surface area contributed by atoms with Crippen molar-refractivity contribution >= 4 is 60.3 Å². The molecule has 2 heterocycles. The lowest BCUT2D eigenvalue weighted by molar-refractivity contribution is 0.0956. The number of carbonyl (C=O) groups is 1. The molecule has 0 aliphatic carbocycles.